The van der Waals surface area contributed by atoms with Crippen LogP contribution >= 0.6 is 0 Å². The van der Waals surface area contributed by atoms with Crippen molar-refractivity contribution in [2.75, 3.05) is 14.2 Å². The maximum atomic E-state index is 11.6. The van der Waals surface area contributed by atoms with E-state index in [4.69, 9.17) is 0 Å². The standard InChI is InChI=1S/C14H19NO6S/c1-10(16)15-13(14(17)20-2)8-11-4-6-12(7-5-11)9-22(18,19)21-3/h4-7,13H,8-9H2,1-3H3,(H,15,16)/t13-/m0/s1. The van der Waals surface area contributed by atoms with Crippen LogP contribution in [0.15, 0.2) is 24.3 Å². The Labute approximate surface area is 129 Å². The summed E-state index contributed by atoms with van der Waals surface area (Å²) in [6.07, 6.45) is 0.254. The molecule has 0 unspecified atom stereocenters. The fourth-order valence-electron chi connectivity index (χ4n) is 1.85. The molecule has 1 rings (SSSR count). The van der Waals surface area contributed by atoms with Crippen LogP contribution in [0.5, 0.6) is 0 Å². The summed E-state index contributed by atoms with van der Waals surface area (Å²) in [6, 6.07) is 5.87. The molecule has 0 aliphatic rings. The maximum Gasteiger partial charge on any atom is 0.328 e. The molecule has 7 nitrogen and oxygen atoms in total. The Kier molecular flexibility index (Phi) is 6.51. The van der Waals surface area contributed by atoms with Gasteiger partial charge in [0.05, 0.1) is 14.2 Å². The highest BCUT2D eigenvalue weighted by Crippen LogP contribution is 2.11. The zero-order valence-electron chi connectivity index (χ0n) is 12.7. The molecule has 0 fully saturated rings. The molecule has 1 amide bonds. The van der Waals surface area contributed by atoms with Crippen molar-refractivity contribution in [3.8, 4) is 0 Å². The Balaban J connectivity index is 2.80. The van der Waals surface area contributed by atoms with Crippen LogP contribution in [0, 0.1) is 0 Å². The number of ether oxygens (including phenoxy) is 1. The Morgan fingerprint density at radius 3 is 2.14 bits per heavy atom. The van der Waals surface area contributed by atoms with Crippen LogP contribution < -0.4 is 5.32 Å². The Hall–Kier alpha value is -1.93. The van der Waals surface area contributed by atoms with Gasteiger partial charge in [0, 0.05) is 13.3 Å². The van der Waals surface area contributed by atoms with Gasteiger partial charge in [-0.05, 0) is 11.1 Å². The molecule has 0 saturated heterocycles. The van der Waals surface area contributed by atoms with Crippen molar-refractivity contribution in [1.82, 2.24) is 5.32 Å². The van der Waals surface area contributed by atoms with Crippen molar-refractivity contribution >= 4 is 22.0 Å². The number of amides is 1. The van der Waals surface area contributed by atoms with Gasteiger partial charge in [-0.2, -0.15) is 8.42 Å². The van der Waals surface area contributed by atoms with Gasteiger partial charge in [0.15, 0.2) is 0 Å². The molecule has 0 aromatic heterocycles. The summed E-state index contributed by atoms with van der Waals surface area (Å²) in [5, 5.41) is 2.51. The van der Waals surface area contributed by atoms with Gasteiger partial charge >= 0.3 is 5.97 Å². The number of rotatable bonds is 7. The van der Waals surface area contributed by atoms with E-state index in [1.807, 2.05) is 0 Å². The molecule has 1 aromatic carbocycles. The predicted molar refractivity (Wildman–Crippen MR) is 79.4 cm³/mol. The van der Waals surface area contributed by atoms with Crippen LogP contribution in [-0.2, 0) is 40.8 Å². The molecule has 22 heavy (non-hydrogen) atoms. The summed E-state index contributed by atoms with van der Waals surface area (Å²) < 4.78 is 31.7. The van der Waals surface area contributed by atoms with Crippen LogP contribution in [0.1, 0.15) is 18.1 Å². The van der Waals surface area contributed by atoms with Gasteiger partial charge in [0.1, 0.15) is 11.8 Å². The van der Waals surface area contributed by atoms with Gasteiger partial charge in [-0.15, -0.1) is 0 Å². The first kappa shape index (κ1) is 18.1. The lowest BCUT2D eigenvalue weighted by Gasteiger charge is -2.15. The number of methoxy groups -OCH3 is 1. The summed E-state index contributed by atoms with van der Waals surface area (Å²) in [4.78, 5) is 22.7. The number of hydrogen-bond acceptors (Lipinski definition) is 6. The number of nitrogens with one attached hydrogen (secondary N) is 1. The lowest BCUT2D eigenvalue weighted by molar-refractivity contribution is -0.144. The molecule has 0 saturated carbocycles. The van der Waals surface area contributed by atoms with Crippen molar-refractivity contribution in [3.05, 3.63) is 35.4 Å². The number of carbonyl (C=O) groups excluding carboxylic acids is 2. The van der Waals surface area contributed by atoms with Gasteiger partial charge < -0.3 is 10.1 Å². The zero-order valence-corrected chi connectivity index (χ0v) is 13.5. The first-order chi connectivity index (χ1) is 10.3. The SMILES string of the molecule is COC(=O)[C@H](Cc1ccc(CS(=O)(=O)OC)cc1)NC(C)=O. The quantitative estimate of drug-likeness (QED) is 0.574. The summed E-state index contributed by atoms with van der Waals surface area (Å²) in [5.41, 5.74) is 1.34. The highest BCUT2D eigenvalue weighted by atomic mass is 32.2. The molecule has 0 aliphatic heterocycles. The lowest BCUT2D eigenvalue weighted by Crippen LogP contribution is -2.41. The second kappa shape index (κ2) is 7.90. The third kappa shape index (κ3) is 5.82. The third-order valence-electron chi connectivity index (χ3n) is 2.92. The smallest absolute Gasteiger partial charge is 0.328 e. The van der Waals surface area contributed by atoms with Crippen LogP contribution in [0.4, 0.5) is 0 Å². The van der Waals surface area contributed by atoms with Gasteiger partial charge in [0.2, 0.25) is 5.91 Å². The summed E-state index contributed by atoms with van der Waals surface area (Å²) >= 11 is 0. The largest absolute Gasteiger partial charge is 0.467 e. The minimum Gasteiger partial charge on any atom is -0.467 e. The van der Waals surface area contributed by atoms with Crippen molar-refractivity contribution < 1.29 is 26.9 Å². The van der Waals surface area contributed by atoms with E-state index in [1.165, 1.54) is 14.0 Å². The Bertz CT molecular complexity index is 623. The van der Waals surface area contributed by atoms with Crippen LogP contribution in [0.3, 0.4) is 0 Å². The Morgan fingerprint density at radius 1 is 1.14 bits per heavy atom. The molecule has 0 bridgehead atoms. The average Bonchev–Trinajstić information content (AvgIpc) is 2.47. The average molecular weight is 329 g/mol. The maximum absolute atomic E-state index is 11.6. The molecular weight excluding hydrogens is 310 g/mol. The predicted octanol–water partition coefficient (Wildman–Crippen LogP) is 0.383. The molecular formula is C14H19NO6S. The van der Waals surface area contributed by atoms with E-state index in [2.05, 4.69) is 14.2 Å². The molecule has 0 radical (unpaired) electrons. The van der Waals surface area contributed by atoms with Crippen molar-refractivity contribution in [2.45, 2.75) is 25.1 Å². The first-order valence-corrected chi connectivity index (χ1v) is 8.06. The summed E-state index contributed by atoms with van der Waals surface area (Å²) in [7, 11) is -1.22. The molecule has 122 valence electrons. The summed E-state index contributed by atoms with van der Waals surface area (Å²) in [6.45, 7) is 1.31. The van der Waals surface area contributed by atoms with E-state index in [1.54, 1.807) is 24.3 Å². The monoisotopic (exact) mass is 329 g/mol. The number of hydrogen-bond donors (Lipinski definition) is 1. The van der Waals surface area contributed by atoms with Crippen LogP contribution in [0.25, 0.3) is 0 Å². The van der Waals surface area contributed by atoms with Crippen molar-refractivity contribution in [1.29, 1.82) is 0 Å². The van der Waals surface area contributed by atoms with E-state index >= 15 is 0 Å². The first-order valence-electron chi connectivity index (χ1n) is 6.48. The van der Waals surface area contributed by atoms with Crippen molar-refractivity contribution in [3.63, 3.8) is 0 Å². The number of esters is 1. The molecule has 0 spiro atoms. The zero-order chi connectivity index (χ0) is 16.8. The van der Waals surface area contributed by atoms with Crippen molar-refractivity contribution in [2.24, 2.45) is 0 Å². The van der Waals surface area contributed by atoms with E-state index in [0.717, 1.165) is 12.7 Å². The molecule has 0 heterocycles. The second-order valence-electron chi connectivity index (χ2n) is 4.67. The molecule has 1 atom stereocenters. The van der Waals surface area contributed by atoms with Gasteiger partial charge in [-0.3, -0.25) is 8.98 Å². The van der Waals surface area contributed by atoms with E-state index in [0.29, 0.717) is 5.56 Å². The van der Waals surface area contributed by atoms with E-state index in [9.17, 15) is 18.0 Å². The summed E-state index contributed by atoms with van der Waals surface area (Å²) in [5.74, 6) is -1.10. The van der Waals surface area contributed by atoms with Gasteiger partial charge in [0.25, 0.3) is 10.1 Å². The molecule has 8 heteroatoms. The molecule has 1 aromatic rings. The topological polar surface area (TPSA) is 98.8 Å². The number of benzene rings is 1. The van der Waals surface area contributed by atoms with Gasteiger partial charge in [-0.1, -0.05) is 24.3 Å². The molecule has 1 N–H and O–H groups in total. The minimum absolute atomic E-state index is 0.226. The second-order valence-corrected chi connectivity index (χ2v) is 6.40. The molecule has 0 aliphatic carbocycles. The number of carbonyl (C=O) groups is 2. The fraction of sp³-hybridized carbons (Fsp3) is 0.429. The van der Waals surface area contributed by atoms with Gasteiger partial charge in [-0.25, -0.2) is 4.79 Å². The van der Waals surface area contributed by atoms with Crippen LogP contribution in [0.2, 0.25) is 0 Å². The Morgan fingerprint density at radius 2 is 1.68 bits per heavy atom. The lowest BCUT2D eigenvalue weighted by atomic mass is 10.0. The van der Waals surface area contributed by atoms with E-state index < -0.39 is 22.1 Å². The van der Waals surface area contributed by atoms with Crippen LogP contribution in [-0.4, -0.2) is 40.6 Å². The van der Waals surface area contributed by atoms with E-state index in [-0.39, 0.29) is 18.1 Å². The minimum atomic E-state index is -3.57. The highest BCUT2D eigenvalue weighted by molar-refractivity contribution is 7.85. The fourth-order valence-corrected chi connectivity index (χ4v) is 2.57. The highest BCUT2D eigenvalue weighted by Gasteiger charge is 2.20. The third-order valence-corrected chi connectivity index (χ3v) is 4.12. The normalized spacial score (nSPS) is 12.5.